The SMILES string of the molecule is Cc1cc([N+](=O)[O-])ccc1N=C1SCC(Cc2cncn2CC(C)C)N1C. The lowest BCUT2D eigenvalue weighted by Crippen LogP contribution is -2.32. The van der Waals surface area contributed by atoms with E-state index in [2.05, 4.69) is 35.3 Å². The molecule has 0 bridgehead atoms. The molecule has 0 spiro atoms. The Morgan fingerprint density at radius 2 is 2.22 bits per heavy atom. The fourth-order valence-electron chi connectivity index (χ4n) is 3.15. The maximum absolute atomic E-state index is 10.9. The molecule has 27 heavy (non-hydrogen) atoms. The number of hydrogen-bond donors (Lipinski definition) is 0. The summed E-state index contributed by atoms with van der Waals surface area (Å²) in [5, 5.41) is 11.9. The lowest BCUT2D eigenvalue weighted by atomic mass is 10.1. The molecule has 3 rings (SSSR count). The maximum Gasteiger partial charge on any atom is 0.269 e. The molecule has 7 nitrogen and oxygen atoms in total. The van der Waals surface area contributed by atoms with E-state index in [1.165, 1.54) is 11.8 Å². The summed E-state index contributed by atoms with van der Waals surface area (Å²) in [4.78, 5) is 21.8. The Bertz CT molecular complexity index is 862. The predicted octanol–water partition coefficient (Wildman–Crippen LogP) is 4.03. The summed E-state index contributed by atoms with van der Waals surface area (Å²) in [6.07, 6.45) is 4.79. The van der Waals surface area contributed by atoms with Crippen LogP contribution in [0.1, 0.15) is 25.1 Å². The molecule has 1 atom stereocenters. The molecule has 0 radical (unpaired) electrons. The first-order valence-electron chi connectivity index (χ1n) is 9.03. The quantitative estimate of drug-likeness (QED) is 0.552. The van der Waals surface area contributed by atoms with Gasteiger partial charge < -0.3 is 9.47 Å². The zero-order valence-electron chi connectivity index (χ0n) is 16.1. The number of aromatic nitrogens is 2. The first kappa shape index (κ1) is 19.4. The van der Waals surface area contributed by atoms with Crippen LogP contribution in [0.4, 0.5) is 11.4 Å². The Balaban J connectivity index is 1.73. The summed E-state index contributed by atoms with van der Waals surface area (Å²) in [6, 6.07) is 5.16. The largest absolute Gasteiger partial charge is 0.350 e. The minimum absolute atomic E-state index is 0.0974. The molecule has 0 saturated carbocycles. The van der Waals surface area contributed by atoms with Gasteiger partial charge in [-0.05, 0) is 24.5 Å². The van der Waals surface area contributed by atoms with E-state index in [-0.39, 0.29) is 10.6 Å². The Labute approximate surface area is 163 Å². The van der Waals surface area contributed by atoms with Crippen molar-refractivity contribution < 1.29 is 4.92 Å². The highest BCUT2D eigenvalue weighted by molar-refractivity contribution is 8.14. The summed E-state index contributed by atoms with van der Waals surface area (Å²) in [6.45, 7) is 7.24. The van der Waals surface area contributed by atoms with Crippen LogP contribution < -0.4 is 0 Å². The number of rotatable bonds is 6. The molecule has 0 N–H and O–H groups in total. The highest BCUT2D eigenvalue weighted by atomic mass is 32.2. The summed E-state index contributed by atoms with van der Waals surface area (Å²) in [5.41, 5.74) is 2.93. The number of aliphatic imine (C=N–C) groups is 1. The molecule has 2 aromatic rings. The second-order valence-electron chi connectivity index (χ2n) is 7.33. The predicted molar refractivity (Wildman–Crippen MR) is 110 cm³/mol. The fourth-order valence-corrected chi connectivity index (χ4v) is 4.35. The Morgan fingerprint density at radius 1 is 1.44 bits per heavy atom. The van der Waals surface area contributed by atoms with Crippen molar-refractivity contribution in [2.75, 3.05) is 12.8 Å². The summed E-state index contributed by atoms with van der Waals surface area (Å²) < 4.78 is 2.23. The molecule has 1 saturated heterocycles. The third-order valence-electron chi connectivity index (χ3n) is 4.67. The molecular formula is C19H25N5O2S. The van der Waals surface area contributed by atoms with Gasteiger partial charge in [0.25, 0.3) is 5.69 Å². The lowest BCUT2D eigenvalue weighted by Gasteiger charge is -2.22. The number of aryl methyl sites for hydroxylation is 1. The highest BCUT2D eigenvalue weighted by Crippen LogP contribution is 2.30. The molecule has 8 heteroatoms. The molecule has 0 amide bonds. The van der Waals surface area contributed by atoms with Gasteiger partial charge in [0, 0.05) is 55.8 Å². The lowest BCUT2D eigenvalue weighted by molar-refractivity contribution is -0.384. The topological polar surface area (TPSA) is 76.6 Å². The van der Waals surface area contributed by atoms with E-state index in [0.717, 1.165) is 35.1 Å². The fraction of sp³-hybridized carbons (Fsp3) is 0.474. The van der Waals surface area contributed by atoms with Gasteiger partial charge in [0.15, 0.2) is 5.17 Å². The van der Waals surface area contributed by atoms with Crippen LogP contribution >= 0.6 is 11.8 Å². The summed E-state index contributed by atoms with van der Waals surface area (Å²) in [5.74, 6) is 1.55. The van der Waals surface area contributed by atoms with Crippen LogP contribution in [0.25, 0.3) is 0 Å². The van der Waals surface area contributed by atoms with Crippen molar-refractivity contribution in [3.63, 3.8) is 0 Å². The minimum atomic E-state index is -0.378. The van der Waals surface area contributed by atoms with Crippen molar-refractivity contribution in [2.24, 2.45) is 10.9 Å². The molecule has 1 aromatic carbocycles. The smallest absolute Gasteiger partial charge is 0.269 e. The third-order valence-corrected chi connectivity index (χ3v) is 5.86. The van der Waals surface area contributed by atoms with Gasteiger partial charge in [-0.1, -0.05) is 25.6 Å². The van der Waals surface area contributed by atoms with E-state index in [1.54, 1.807) is 23.9 Å². The summed E-state index contributed by atoms with van der Waals surface area (Å²) >= 11 is 1.73. The van der Waals surface area contributed by atoms with E-state index in [9.17, 15) is 10.1 Å². The normalized spacial score (nSPS) is 18.6. The standard InChI is InChI=1S/C19H25N5O2S/c1-13(2)10-23-12-20-9-16(23)8-17-11-27-19(22(17)4)21-18-6-5-15(24(25)26)7-14(18)3/h5-7,9,12-13,17H,8,10-11H2,1-4H3. The van der Waals surface area contributed by atoms with Gasteiger partial charge in [-0.3, -0.25) is 10.1 Å². The van der Waals surface area contributed by atoms with Crippen molar-refractivity contribution >= 4 is 28.3 Å². The number of thioether (sulfide) groups is 1. The zero-order valence-corrected chi connectivity index (χ0v) is 16.9. The molecular weight excluding hydrogens is 362 g/mol. The maximum atomic E-state index is 10.9. The Kier molecular flexibility index (Phi) is 5.84. The van der Waals surface area contributed by atoms with Crippen LogP contribution in [0, 0.1) is 23.0 Å². The number of nitrogens with zero attached hydrogens (tertiary/aromatic N) is 5. The number of nitro benzene ring substituents is 1. The van der Waals surface area contributed by atoms with E-state index in [1.807, 2.05) is 19.4 Å². The monoisotopic (exact) mass is 387 g/mol. The number of nitro groups is 1. The number of benzene rings is 1. The molecule has 2 heterocycles. The van der Waals surface area contributed by atoms with Gasteiger partial charge in [0.1, 0.15) is 0 Å². The second-order valence-corrected chi connectivity index (χ2v) is 8.32. The van der Waals surface area contributed by atoms with Crippen LogP contribution in [0.2, 0.25) is 0 Å². The van der Waals surface area contributed by atoms with Gasteiger partial charge in [-0.15, -0.1) is 0 Å². The number of amidine groups is 1. The first-order chi connectivity index (χ1) is 12.8. The van der Waals surface area contributed by atoms with Crippen molar-refractivity contribution in [3.8, 4) is 0 Å². The van der Waals surface area contributed by atoms with E-state index in [4.69, 9.17) is 4.99 Å². The molecule has 1 aromatic heterocycles. The Morgan fingerprint density at radius 3 is 2.89 bits per heavy atom. The molecule has 1 aliphatic rings. The first-order valence-corrected chi connectivity index (χ1v) is 10.0. The van der Waals surface area contributed by atoms with Gasteiger partial charge in [0.2, 0.25) is 0 Å². The van der Waals surface area contributed by atoms with Crippen LogP contribution in [0.3, 0.4) is 0 Å². The molecule has 0 aliphatic carbocycles. The van der Waals surface area contributed by atoms with Crippen molar-refractivity contribution in [1.82, 2.24) is 14.5 Å². The van der Waals surface area contributed by atoms with Gasteiger partial charge in [-0.2, -0.15) is 0 Å². The molecule has 1 unspecified atom stereocenters. The number of hydrogen-bond acceptors (Lipinski definition) is 5. The van der Waals surface area contributed by atoms with Gasteiger partial charge >= 0.3 is 0 Å². The van der Waals surface area contributed by atoms with Gasteiger partial charge in [-0.25, -0.2) is 9.98 Å². The van der Waals surface area contributed by atoms with Gasteiger partial charge in [0.05, 0.1) is 16.9 Å². The second kappa shape index (κ2) is 8.12. The molecule has 1 aliphatic heterocycles. The van der Waals surface area contributed by atoms with Crippen LogP contribution in [-0.4, -0.2) is 43.4 Å². The average molecular weight is 388 g/mol. The number of non-ortho nitro benzene ring substituents is 1. The third kappa shape index (κ3) is 4.50. The molecule has 144 valence electrons. The van der Waals surface area contributed by atoms with Crippen LogP contribution in [0.5, 0.6) is 0 Å². The van der Waals surface area contributed by atoms with Crippen molar-refractivity contribution in [1.29, 1.82) is 0 Å². The average Bonchev–Trinajstić information content (AvgIpc) is 3.17. The number of imidazole rings is 1. The van der Waals surface area contributed by atoms with E-state index in [0.29, 0.717) is 12.0 Å². The van der Waals surface area contributed by atoms with Crippen LogP contribution in [0.15, 0.2) is 35.7 Å². The number of likely N-dealkylation sites (N-methyl/N-ethyl adjacent to an activating group) is 1. The molecule has 1 fully saturated rings. The van der Waals surface area contributed by atoms with Crippen LogP contribution in [-0.2, 0) is 13.0 Å². The van der Waals surface area contributed by atoms with Crippen molar-refractivity contribution in [2.45, 2.75) is 39.8 Å². The van der Waals surface area contributed by atoms with Crippen molar-refractivity contribution in [3.05, 3.63) is 52.1 Å². The Hall–Kier alpha value is -2.35. The summed E-state index contributed by atoms with van der Waals surface area (Å²) in [7, 11) is 2.06. The highest BCUT2D eigenvalue weighted by Gasteiger charge is 2.28. The zero-order chi connectivity index (χ0) is 19.6. The minimum Gasteiger partial charge on any atom is -0.350 e. The van der Waals surface area contributed by atoms with E-state index >= 15 is 0 Å². The van der Waals surface area contributed by atoms with E-state index < -0.39 is 0 Å².